The zero-order valence-corrected chi connectivity index (χ0v) is 25.9. The summed E-state index contributed by atoms with van der Waals surface area (Å²) in [5.74, 6) is 0.664. The van der Waals surface area contributed by atoms with Crippen LogP contribution >= 0.6 is 11.8 Å². The van der Waals surface area contributed by atoms with Crippen LogP contribution in [0.3, 0.4) is 0 Å². The predicted molar refractivity (Wildman–Crippen MR) is 169 cm³/mol. The Balaban J connectivity index is 0.00000104. The summed E-state index contributed by atoms with van der Waals surface area (Å²) in [6, 6.07) is 19.4. The summed E-state index contributed by atoms with van der Waals surface area (Å²) >= 11 is 2.00. The van der Waals surface area contributed by atoms with E-state index in [1.165, 1.54) is 42.2 Å². The van der Waals surface area contributed by atoms with E-state index in [9.17, 15) is 15.3 Å². The third-order valence-corrected chi connectivity index (χ3v) is 8.72. The van der Waals surface area contributed by atoms with Crippen LogP contribution in [-0.2, 0) is 29.2 Å². The first-order chi connectivity index (χ1) is 21.3. The van der Waals surface area contributed by atoms with Crippen molar-refractivity contribution >= 4 is 17.7 Å². The van der Waals surface area contributed by atoms with E-state index in [-0.39, 0.29) is 18.5 Å². The van der Waals surface area contributed by atoms with E-state index in [0.717, 1.165) is 35.7 Å². The quantitative estimate of drug-likeness (QED) is 0.161. The van der Waals surface area contributed by atoms with Gasteiger partial charge in [-0.15, -0.1) is 11.8 Å². The van der Waals surface area contributed by atoms with Gasteiger partial charge in [-0.2, -0.15) is 0 Å². The number of nitrogens with one attached hydrogen (secondary N) is 1. The van der Waals surface area contributed by atoms with Crippen LogP contribution < -0.4 is 14.8 Å². The fourth-order valence-corrected chi connectivity index (χ4v) is 6.47. The average Bonchev–Trinajstić information content (AvgIpc) is 3.52. The molecule has 1 aliphatic heterocycles. The molecule has 5 rings (SSSR count). The molecule has 2 atom stereocenters. The number of phenols is 1. The monoisotopic (exact) mass is 625 g/mol. The van der Waals surface area contributed by atoms with Gasteiger partial charge in [-0.05, 0) is 78.9 Å². The number of aliphatic carboxylic acids is 1. The molecule has 0 spiro atoms. The minimum Gasteiger partial charge on any atom is -0.508 e. The lowest BCUT2D eigenvalue weighted by Crippen LogP contribution is -2.33. The molecule has 1 saturated carbocycles. The lowest BCUT2D eigenvalue weighted by atomic mass is 10.1. The fourth-order valence-electron chi connectivity index (χ4n) is 5.14. The Morgan fingerprint density at radius 3 is 2.64 bits per heavy atom. The second kappa shape index (κ2) is 17.3. The molecule has 1 fully saturated rings. The van der Waals surface area contributed by atoms with Gasteiger partial charge in [-0.1, -0.05) is 37.1 Å². The highest BCUT2D eigenvalue weighted by Gasteiger charge is 2.22. The summed E-state index contributed by atoms with van der Waals surface area (Å²) in [6.45, 7) is 3.31. The number of carboxylic acid groups (broad SMARTS) is 1. The van der Waals surface area contributed by atoms with Gasteiger partial charge in [0.2, 0.25) is 0 Å². The van der Waals surface area contributed by atoms with Crippen LogP contribution in [0.4, 0.5) is 0 Å². The summed E-state index contributed by atoms with van der Waals surface area (Å²) in [7, 11) is 0. The minimum absolute atomic E-state index is 0.0255. The number of carboxylic acids is 1. The first-order valence-electron chi connectivity index (χ1n) is 15.1. The molecular formula is C34H43NO8S. The van der Waals surface area contributed by atoms with Crippen LogP contribution in [0.1, 0.15) is 61.0 Å². The molecule has 0 bridgehead atoms. The highest BCUT2D eigenvalue weighted by molar-refractivity contribution is 8.00. The van der Waals surface area contributed by atoms with Gasteiger partial charge in [0.25, 0.3) is 5.97 Å². The molecule has 5 N–H and O–H groups in total. The van der Waals surface area contributed by atoms with Crippen LogP contribution in [-0.4, -0.2) is 64.1 Å². The number of hydrogen-bond donors (Lipinski definition) is 5. The zero-order valence-electron chi connectivity index (χ0n) is 25.1. The molecule has 44 heavy (non-hydrogen) atoms. The number of fused-ring (bicyclic) bond motifs is 1. The summed E-state index contributed by atoms with van der Waals surface area (Å²) in [6.07, 6.45) is 5.21. The smallest absolute Gasteiger partial charge is 0.300 e. The van der Waals surface area contributed by atoms with Crippen molar-refractivity contribution in [3.05, 3.63) is 82.9 Å². The molecule has 2 aliphatic rings. The molecule has 3 aromatic rings. The third-order valence-electron chi connectivity index (χ3n) is 7.39. The second-order valence-electron chi connectivity index (χ2n) is 11.1. The number of aliphatic hydroxyl groups is 2. The maximum atomic E-state index is 10.5. The van der Waals surface area contributed by atoms with Gasteiger partial charge in [-0.3, -0.25) is 4.79 Å². The van der Waals surface area contributed by atoms with Crippen LogP contribution in [0.2, 0.25) is 0 Å². The van der Waals surface area contributed by atoms with Crippen LogP contribution in [0.5, 0.6) is 17.2 Å². The Kier molecular flexibility index (Phi) is 13.2. The zero-order chi connectivity index (χ0) is 31.3. The van der Waals surface area contributed by atoms with Crippen molar-refractivity contribution < 1.29 is 39.4 Å². The summed E-state index contributed by atoms with van der Waals surface area (Å²) in [5, 5.41) is 40.9. The van der Waals surface area contributed by atoms with Crippen molar-refractivity contribution in [3.8, 4) is 17.2 Å². The molecule has 1 heterocycles. The van der Waals surface area contributed by atoms with Gasteiger partial charge < -0.3 is 40.0 Å². The molecule has 238 valence electrons. The van der Waals surface area contributed by atoms with E-state index in [1.807, 2.05) is 30.0 Å². The summed E-state index contributed by atoms with van der Waals surface area (Å²) in [4.78, 5) is 10.3. The first kappa shape index (κ1) is 33.6. The standard InChI is InChI=1S/C32H39NO6S.C2H4O2/c34-18-25-16-24(9-10-29(25)35)30(36)17-33-13-12-22-8-11-31-32(15-22)39-26(21-38-31)20-37-19-23-4-3-7-28(14-23)40-27-5-1-2-6-27;1-2(3)4/h3-4,7-11,14-16,26-27,30,33-36H,1-2,5-6,12-13,17-21H2;1H3,(H,3,4)/t26-,30+;/m1./s1. The first-order valence-corrected chi connectivity index (χ1v) is 16.0. The van der Waals surface area contributed by atoms with Gasteiger partial charge in [-0.25, -0.2) is 0 Å². The molecule has 0 aromatic heterocycles. The Hall–Kier alpha value is -3.28. The van der Waals surface area contributed by atoms with Gasteiger partial charge in [0.05, 0.1) is 25.9 Å². The lowest BCUT2D eigenvalue weighted by Gasteiger charge is -2.27. The second-order valence-corrected chi connectivity index (χ2v) is 12.4. The van der Waals surface area contributed by atoms with E-state index in [4.69, 9.17) is 24.1 Å². The number of benzene rings is 3. The van der Waals surface area contributed by atoms with Crippen molar-refractivity contribution in [3.63, 3.8) is 0 Å². The van der Waals surface area contributed by atoms with Crippen LogP contribution in [0.25, 0.3) is 0 Å². The number of rotatable bonds is 13. The summed E-state index contributed by atoms with van der Waals surface area (Å²) in [5.41, 5.74) is 3.34. The number of ether oxygens (including phenoxy) is 3. The fraction of sp³-hybridized carbons (Fsp3) is 0.441. The van der Waals surface area contributed by atoms with E-state index >= 15 is 0 Å². The topological polar surface area (TPSA) is 138 Å². The lowest BCUT2D eigenvalue weighted by molar-refractivity contribution is -0.134. The Morgan fingerprint density at radius 2 is 1.86 bits per heavy atom. The van der Waals surface area contributed by atoms with Crippen molar-refractivity contribution in [2.24, 2.45) is 0 Å². The number of thioether (sulfide) groups is 1. The number of aliphatic hydroxyl groups excluding tert-OH is 2. The maximum Gasteiger partial charge on any atom is 0.300 e. The average molecular weight is 626 g/mol. The Labute approximate surface area is 263 Å². The molecule has 3 aromatic carbocycles. The normalized spacial score (nSPS) is 16.7. The molecule has 0 radical (unpaired) electrons. The van der Waals surface area contributed by atoms with E-state index in [2.05, 4.69) is 29.6 Å². The molecule has 0 amide bonds. The largest absolute Gasteiger partial charge is 0.508 e. The van der Waals surface area contributed by atoms with Crippen LogP contribution in [0.15, 0.2) is 65.6 Å². The van der Waals surface area contributed by atoms with Crippen molar-refractivity contribution in [1.29, 1.82) is 0 Å². The SMILES string of the molecule is CC(=O)O.OCc1cc([C@@H](O)CNCCc2ccc3c(c2)O[C@H](COCc2cccc(SC4CCCC4)c2)CO3)ccc1O. The summed E-state index contributed by atoms with van der Waals surface area (Å²) < 4.78 is 18.1. The highest BCUT2D eigenvalue weighted by Crippen LogP contribution is 2.35. The minimum atomic E-state index is -0.833. The highest BCUT2D eigenvalue weighted by atomic mass is 32.2. The van der Waals surface area contributed by atoms with E-state index in [0.29, 0.717) is 44.0 Å². The Bertz CT molecular complexity index is 1340. The molecule has 0 saturated heterocycles. The predicted octanol–water partition coefficient (Wildman–Crippen LogP) is 5.23. The van der Waals surface area contributed by atoms with Gasteiger partial charge in [0, 0.05) is 29.2 Å². The molecule has 10 heteroatoms. The van der Waals surface area contributed by atoms with Crippen molar-refractivity contribution in [2.75, 3.05) is 26.3 Å². The number of hydrogen-bond acceptors (Lipinski definition) is 9. The third kappa shape index (κ3) is 10.7. The number of aromatic hydroxyl groups is 1. The number of carbonyl (C=O) groups is 1. The van der Waals surface area contributed by atoms with Gasteiger partial charge >= 0.3 is 0 Å². The van der Waals surface area contributed by atoms with Crippen molar-refractivity contribution in [2.45, 2.75) is 74.6 Å². The van der Waals surface area contributed by atoms with E-state index < -0.39 is 12.1 Å². The van der Waals surface area contributed by atoms with E-state index in [1.54, 1.807) is 12.1 Å². The molecule has 1 aliphatic carbocycles. The molecule has 9 nitrogen and oxygen atoms in total. The Morgan fingerprint density at radius 1 is 1.07 bits per heavy atom. The van der Waals surface area contributed by atoms with Gasteiger partial charge in [0.15, 0.2) is 17.6 Å². The van der Waals surface area contributed by atoms with Gasteiger partial charge in [0.1, 0.15) is 12.4 Å². The van der Waals surface area contributed by atoms with Crippen LogP contribution in [0, 0.1) is 0 Å². The molecule has 0 unspecified atom stereocenters. The maximum absolute atomic E-state index is 10.5. The molecular weight excluding hydrogens is 582 g/mol. The van der Waals surface area contributed by atoms with Crippen molar-refractivity contribution in [1.82, 2.24) is 5.32 Å².